The molecule has 4 nitrogen and oxygen atoms in total. The van der Waals surface area contributed by atoms with Crippen molar-refractivity contribution in [2.24, 2.45) is 0 Å². The van der Waals surface area contributed by atoms with E-state index in [0.29, 0.717) is 18.5 Å². The first-order valence-electron chi connectivity index (χ1n) is 7.48. The highest BCUT2D eigenvalue weighted by atomic mass is 127. The van der Waals surface area contributed by atoms with Crippen molar-refractivity contribution in [2.45, 2.75) is 19.9 Å². The number of para-hydroxylation sites is 1. The van der Waals surface area contributed by atoms with E-state index < -0.39 is 0 Å². The quantitative estimate of drug-likeness (QED) is 0.466. The summed E-state index contributed by atoms with van der Waals surface area (Å²) in [5.74, 6) is 0.889. The van der Waals surface area contributed by atoms with Crippen LogP contribution in [0.5, 0.6) is 5.75 Å². The molecule has 0 unspecified atom stereocenters. The van der Waals surface area contributed by atoms with E-state index >= 15 is 0 Å². The van der Waals surface area contributed by atoms with Crippen LogP contribution in [0.25, 0.3) is 10.9 Å². The average molecular weight is 420 g/mol. The second kappa shape index (κ2) is 7.12. The van der Waals surface area contributed by atoms with Gasteiger partial charge in [0.2, 0.25) is 0 Å². The van der Waals surface area contributed by atoms with Gasteiger partial charge in [-0.15, -0.1) is 0 Å². The van der Waals surface area contributed by atoms with Crippen LogP contribution < -0.4 is 10.3 Å². The maximum absolute atomic E-state index is 12.4. The lowest BCUT2D eigenvalue weighted by molar-refractivity contribution is 0.299. The van der Waals surface area contributed by atoms with Crippen molar-refractivity contribution in [3.8, 4) is 5.75 Å². The van der Waals surface area contributed by atoms with Gasteiger partial charge in [0.15, 0.2) is 0 Å². The summed E-state index contributed by atoms with van der Waals surface area (Å²) in [7, 11) is 0. The Balaban J connectivity index is 1.63. The van der Waals surface area contributed by atoms with E-state index in [1.54, 1.807) is 10.9 Å². The van der Waals surface area contributed by atoms with Crippen LogP contribution in [-0.4, -0.2) is 16.2 Å². The molecule has 0 spiro atoms. The summed E-state index contributed by atoms with van der Waals surface area (Å²) >= 11 is 2.27. The van der Waals surface area contributed by atoms with Crippen LogP contribution in [0.15, 0.2) is 53.6 Å². The summed E-state index contributed by atoms with van der Waals surface area (Å²) in [6.07, 6.45) is 2.37. The maximum Gasteiger partial charge on any atom is 0.261 e. The zero-order chi connectivity index (χ0) is 16.2. The van der Waals surface area contributed by atoms with Crippen LogP contribution in [0.4, 0.5) is 0 Å². The van der Waals surface area contributed by atoms with Crippen molar-refractivity contribution in [3.05, 3.63) is 68.3 Å². The van der Waals surface area contributed by atoms with Crippen molar-refractivity contribution in [1.82, 2.24) is 9.55 Å². The van der Waals surface area contributed by atoms with Crippen LogP contribution >= 0.6 is 22.6 Å². The number of aromatic nitrogens is 2. The van der Waals surface area contributed by atoms with Crippen molar-refractivity contribution in [1.29, 1.82) is 0 Å². The molecule has 5 heteroatoms. The minimum Gasteiger partial charge on any atom is -0.492 e. The van der Waals surface area contributed by atoms with E-state index in [9.17, 15) is 4.79 Å². The SMILES string of the molecule is Cc1ccc(OCCCn2cnc3ccccc3c2=O)c(I)c1. The maximum atomic E-state index is 12.4. The second-order valence-electron chi connectivity index (χ2n) is 5.40. The average Bonchev–Trinajstić information content (AvgIpc) is 2.55. The number of hydrogen-bond acceptors (Lipinski definition) is 3. The summed E-state index contributed by atoms with van der Waals surface area (Å²) in [5.41, 5.74) is 1.95. The zero-order valence-corrected chi connectivity index (χ0v) is 15.0. The van der Waals surface area contributed by atoms with Crippen LogP contribution in [-0.2, 0) is 6.54 Å². The van der Waals surface area contributed by atoms with Gasteiger partial charge in [-0.3, -0.25) is 9.36 Å². The molecule has 1 aromatic heterocycles. The van der Waals surface area contributed by atoms with Gasteiger partial charge in [0.25, 0.3) is 5.56 Å². The molecule has 0 fully saturated rings. The van der Waals surface area contributed by atoms with Gasteiger partial charge in [0.05, 0.1) is 27.4 Å². The van der Waals surface area contributed by atoms with E-state index in [1.165, 1.54) is 5.56 Å². The summed E-state index contributed by atoms with van der Waals surface area (Å²) in [5, 5.41) is 0.656. The number of aryl methyl sites for hydroxylation is 2. The lowest BCUT2D eigenvalue weighted by atomic mass is 10.2. The third kappa shape index (κ3) is 3.72. The Labute approximate surface area is 148 Å². The molecule has 0 aliphatic carbocycles. The van der Waals surface area contributed by atoms with Crippen molar-refractivity contribution in [2.75, 3.05) is 6.61 Å². The normalized spacial score (nSPS) is 10.9. The smallest absolute Gasteiger partial charge is 0.261 e. The molecule has 0 bridgehead atoms. The van der Waals surface area contributed by atoms with Crippen molar-refractivity contribution >= 4 is 33.5 Å². The second-order valence-corrected chi connectivity index (χ2v) is 6.56. The van der Waals surface area contributed by atoms with Crippen LogP contribution in [0.1, 0.15) is 12.0 Å². The van der Waals surface area contributed by atoms with E-state index in [0.717, 1.165) is 21.3 Å². The standard InChI is InChI=1S/C18H17IN2O2/c1-13-7-8-17(15(19)11-13)23-10-4-9-21-12-20-16-6-3-2-5-14(16)18(21)22/h2-3,5-8,11-12H,4,9-10H2,1H3. The Morgan fingerprint density at radius 1 is 1.22 bits per heavy atom. The minimum atomic E-state index is 0.000478. The first-order valence-corrected chi connectivity index (χ1v) is 8.56. The number of hydrogen-bond donors (Lipinski definition) is 0. The molecule has 3 aromatic rings. The molecule has 0 atom stereocenters. The fourth-order valence-electron chi connectivity index (χ4n) is 2.41. The van der Waals surface area contributed by atoms with Gasteiger partial charge in [0.1, 0.15) is 5.75 Å². The topological polar surface area (TPSA) is 44.1 Å². The first-order chi connectivity index (χ1) is 11.1. The number of fused-ring (bicyclic) bond motifs is 1. The molecule has 0 saturated heterocycles. The fraction of sp³-hybridized carbons (Fsp3) is 0.222. The molecular formula is C18H17IN2O2. The molecule has 0 saturated carbocycles. The van der Waals surface area contributed by atoms with Crippen molar-refractivity contribution in [3.63, 3.8) is 0 Å². The van der Waals surface area contributed by atoms with E-state index in [2.05, 4.69) is 40.6 Å². The Morgan fingerprint density at radius 3 is 2.87 bits per heavy atom. The van der Waals surface area contributed by atoms with Crippen molar-refractivity contribution < 1.29 is 4.74 Å². The zero-order valence-electron chi connectivity index (χ0n) is 12.8. The monoisotopic (exact) mass is 420 g/mol. The van der Waals surface area contributed by atoms with Gasteiger partial charge in [-0.1, -0.05) is 18.2 Å². The number of rotatable bonds is 5. The van der Waals surface area contributed by atoms with Crippen LogP contribution in [0.3, 0.4) is 0 Å². The van der Waals surface area contributed by atoms with Gasteiger partial charge < -0.3 is 4.74 Å². The van der Waals surface area contributed by atoms with Gasteiger partial charge in [-0.2, -0.15) is 0 Å². The Kier molecular flexibility index (Phi) is 4.95. The fourth-order valence-corrected chi connectivity index (χ4v) is 3.23. The predicted molar refractivity (Wildman–Crippen MR) is 100 cm³/mol. The van der Waals surface area contributed by atoms with Gasteiger partial charge in [-0.05, 0) is 65.8 Å². The number of halogens is 1. The largest absolute Gasteiger partial charge is 0.492 e. The van der Waals surface area contributed by atoms with E-state index in [1.807, 2.05) is 36.4 Å². The summed E-state index contributed by atoms with van der Waals surface area (Å²) in [4.78, 5) is 16.7. The molecule has 23 heavy (non-hydrogen) atoms. The number of nitrogens with zero attached hydrogens (tertiary/aromatic N) is 2. The molecule has 118 valence electrons. The number of benzene rings is 2. The summed E-state index contributed by atoms with van der Waals surface area (Å²) in [6, 6.07) is 13.5. The molecule has 3 rings (SSSR count). The predicted octanol–water partition coefficient (Wildman–Crippen LogP) is 3.78. The third-order valence-corrected chi connectivity index (χ3v) is 4.46. The number of ether oxygens (including phenoxy) is 1. The molecular weight excluding hydrogens is 403 g/mol. The Morgan fingerprint density at radius 2 is 2.04 bits per heavy atom. The van der Waals surface area contributed by atoms with Crippen LogP contribution in [0, 0.1) is 10.5 Å². The van der Waals surface area contributed by atoms with Gasteiger partial charge >= 0.3 is 0 Å². The molecule has 0 N–H and O–H groups in total. The highest BCUT2D eigenvalue weighted by molar-refractivity contribution is 14.1. The molecule has 1 heterocycles. The Hall–Kier alpha value is -1.89. The first kappa shape index (κ1) is 16.0. The van der Waals surface area contributed by atoms with E-state index in [4.69, 9.17) is 4.74 Å². The Bertz CT molecular complexity index is 890. The molecule has 0 radical (unpaired) electrons. The molecule has 0 aliphatic rings. The highest BCUT2D eigenvalue weighted by Crippen LogP contribution is 2.21. The van der Waals surface area contributed by atoms with Gasteiger partial charge in [0, 0.05) is 6.54 Å². The molecule has 0 amide bonds. The molecule has 2 aromatic carbocycles. The highest BCUT2D eigenvalue weighted by Gasteiger charge is 2.04. The van der Waals surface area contributed by atoms with Gasteiger partial charge in [-0.25, -0.2) is 4.98 Å². The minimum absolute atomic E-state index is 0.000478. The summed E-state index contributed by atoms with van der Waals surface area (Å²) in [6.45, 7) is 3.22. The lowest BCUT2D eigenvalue weighted by Gasteiger charge is -2.10. The summed E-state index contributed by atoms with van der Waals surface area (Å²) < 4.78 is 8.55. The molecule has 0 aliphatic heterocycles. The van der Waals surface area contributed by atoms with Crippen LogP contribution in [0.2, 0.25) is 0 Å². The van der Waals surface area contributed by atoms with E-state index in [-0.39, 0.29) is 5.56 Å². The third-order valence-electron chi connectivity index (χ3n) is 3.62. The lowest BCUT2D eigenvalue weighted by Crippen LogP contribution is -2.21.